The monoisotopic (exact) mass is 393 g/mol. The maximum absolute atomic E-state index is 12.3. The number of hydrogen-bond donors (Lipinski definition) is 2. The average Bonchev–Trinajstić information content (AvgIpc) is 3.17. The SMILES string of the molecule is O=C(CCNC(=O)c1cccs1)Nc1cccc(Cl)c1N1CCOCC1. The first-order valence-corrected chi connectivity index (χ1v) is 9.63. The van der Waals surface area contributed by atoms with Crippen molar-refractivity contribution in [3.8, 4) is 0 Å². The van der Waals surface area contributed by atoms with Gasteiger partial charge < -0.3 is 20.3 Å². The Morgan fingerprint density at radius 1 is 1.19 bits per heavy atom. The number of benzene rings is 1. The molecule has 1 aliphatic rings. The average molecular weight is 394 g/mol. The number of halogens is 1. The van der Waals surface area contributed by atoms with E-state index in [1.807, 2.05) is 23.6 Å². The summed E-state index contributed by atoms with van der Waals surface area (Å²) >= 11 is 7.73. The third kappa shape index (κ3) is 4.75. The van der Waals surface area contributed by atoms with Crippen molar-refractivity contribution in [2.45, 2.75) is 6.42 Å². The third-order valence-electron chi connectivity index (χ3n) is 3.97. The Morgan fingerprint density at radius 2 is 2.00 bits per heavy atom. The van der Waals surface area contributed by atoms with Crippen LogP contribution in [0, 0.1) is 0 Å². The van der Waals surface area contributed by atoms with Crippen molar-refractivity contribution < 1.29 is 14.3 Å². The Hall–Kier alpha value is -2.09. The highest BCUT2D eigenvalue weighted by Crippen LogP contribution is 2.34. The Labute approximate surface area is 161 Å². The molecular weight excluding hydrogens is 374 g/mol. The van der Waals surface area contributed by atoms with E-state index in [4.69, 9.17) is 16.3 Å². The van der Waals surface area contributed by atoms with Crippen LogP contribution in [-0.2, 0) is 9.53 Å². The molecule has 2 heterocycles. The van der Waals surface area contributed by atoms with Crippen LogP contribution >= 0.6 is 22.9 Å². The Balaban J connectivity index is 1.57. The minimum Gasteiger partial charge on any atom is -0.378 e. The fraction of sp³-hybridized carbons (Fsp3) is 0.333. The van der Waals surface area contributed by atoms with Crippen LogP contribution in [0.2, 0.25) is 5.02 Å². The van der Waals surface area contributed by atoms with Crippen molar-refractivity contribution in [1.82, 2.24) is 5.32 Å². The first-order chi connectivity index (χ1) is 12.6. The maximum atomic E-state index is 12.3. The van der Waals surface area contributed by atoms with E-state index in [0.717, 1.165) is 18.8 Å². The van der Waals surface area contributed by atoms with Gasteiger partial charge in [-0.05, 0) is 23.6 Å². The normalized spacial score (nSPS) is 14.1. The van der Waals surface area contributed by atoms with Crippen LogP contribution in [0.25, 0.3) is 0 Å². The predicted molar refractivity (Wildman–Crippen MR) is 104 cm³/mol. The second kappa shape index (κ2) is 9.02. The van der Waals surface area contributed by atoms with E-state index in [9.17, 15) is 9.59 Å². The summed E-state index contributed by atoms with van der Waals surface area (Å²) in [5, 5.41) is 8.09. The van der Waals surface area contributed by atoms with Crippen LogP contribution in [0.4, 0.5) is 11.4 Å². The molecule has 2 N–H and O–H groups in total. The number of morpholine rings is 1. The lowest BCUT2D eigenvalue weighted by Crippen LogP contribution is -2.37. The lowest BCUT2D eigenvalue weighted by molar-refractivity contribution is -0.116. The van der Waals surface area contributed by atoms with Crippen molar-refractivity contribution in [2.75, 3.05) is 43.1 Å². The van der Waals surface area contributed by atoms with Crippen LogP contribution in [0.15, 0.2) is 35.7 Å². The summed E-state index contributed by atoms with van der Waals surface area (Å²) in [6, 6.07) is 9.02. The summed E-state index contributed by atoms with van der Waals surface area (Å²) in [7, 11) is 0. The molecule has 0 radical (unpaired) electrons. The van der Waals surface area contributed by atoms with Gasteiger partial charge in [0.25, 0.3) is 5.91 Å². The summed E-state index contributed by atoms with van der Waals surface area (Å²) in [6.07, 6.45) is 0.187. The van der Waals surface area contributed by atoms with Crippen molar-refractivity contribution >= 4 is 46.1 Å². The third-order valence-corrected chi connectivity index (χ3v) is 5.14. The van der Waals surface area contributed by atoms with Crippen molar-refractivity contribution in [2.24, 2.45) is 0 Å². The molecular formula is C18H20ClN3O3S. The lowest BCUT2D eigenvalue weighted by Gasteiger charge is -2.31. The number of amides is 2. The second-order valence-corrected chi connectivity index (χ2v) is 7.12. The number of rotatable bonds is 6. The van der Waals surface area contributed by atoms with Gasteiger partial charge in [-0.1, -0.05) is 23.7 Å². The van der Waals surface area contributed by atoms with E-state index >= 15 is 0 Å². The van der Waals surface area contributed by atoms with Gasteiger partial charge in [-0.25, -0.2) is 0 Å². The molecule has 0 saturated carbocycles. The zero-order valence-corrected chi connectivity index (χ0v) is 15.7. The molecule has 1 fully saturated rings. The van der Waals surface area contributed by atoms with Crippen LogP contribution in [0.1, 0.15) is 16.1 Å². The number of para-hydroxylation sites is 1. The molecule has 0 atom stereocenters. The van der Waals surface area contributed by atoms with Crippen molar-refractivity contribution in [3.63, 3.8) is 0 Å². The number of thiophene rings is 1. The zero-order chi connectivity index (χ0) is 18.4. The Kier molecular flexibility index (Phi) is 6.49. The molecule has 1 aromatic carbocycles. The number of hydrogen-bond acceptors (Lipinski definition) is 5. The molecule has 3 rings (SSSR count). The topological polar surface area (TPSA) is 70.7 Å². The molecule has 6 nitrogen and oxygen atoms in total. The molecule has 1 saturated heterocycles. The highest BCUT2D eigenvalue weighted by molar-refractivity contribution is 7.12. The minimum absolute atomic E-state index is 0.162. The second-order valence-electron chi connectivity index (χ2n) is 5.77. The van der Waals surface area contributed by atoms with Gasteiger partial charge in [0.1, 0.15) is 0 Å². The number of nitrogens with one attached hydrogen (secondary N) is 2. The highest BCUT2D eigenvalue weighted by Gasteiger charge is 2.19. The smallest absolute Gasteiger partial charge is 0.261 e. The van der Waals surface area contributed by atoms with E-state index in [1.54, 1.807) is 12.1 Å². The molecule has 2 amide bonds. The van der Waals surface area contributed by atoms with Gasteiger partial charge >= 0.3 is 0 Å². The highest BCUT2D eigenvalue weighted by atomic mass is 35.5. The Morgan fingerprint density at radius 3 is 2.73 bits per heavy atom. The standard InChI is InChI=1S/C18H20ClN3O3S/c19-13-3-1-4-14(17(13)22-8-10-25-11-9-22)21-16(23)6-7-20-18(24)15-5-2-12-26-15/h1-5,12H,6-11H2,(H,20,24)(H,21,23). The molecule has 1 aliphatic heterocycles. The predicted octanol–water partition coefficient (Wildman–Crippen LogP) is 3.00. The molecule has 0 spiro atoms. The summed E-state index contributed by atoms with van der Waals surface area (Å²) in [6.45, 7) is 2.99. The number of ether oxygens (including phenoxy) is 1. The number of carbonyl (C=O) groups is 2. The zero-order valence-electron chi connectivity index (χ0n) is 14.2. The van der Waals surface area contributed by atoms with Crippen LogP contribution < -0.4 is 15.5 Å². The first kappa shape index (κ1) is 18.7. The molecule has 2 aromatic rings. The largest absolute Gasteiger partial charge is 0.378 e. The fourth-order valence-corrected chi connectivity index (χ4v) is 3.66. The van der Waals surface area contributed by atoms with E-state index in [2.05, 4.69) is 15.5 Å². The summed E-state index contributed by atoms with van der Waals surface area (Å²) in [5.74, 6) is -0.335. The summed E-state index contributed by atoms with van der Waals surface area (Å²) in [4.78, 5) is 26.9. The van der Waals surface area contributed by atoms with Crippen LogP contribution in [0.5, 0.6) is 0 Å². The van der Waals surface area contributed by atoms with Gasteiger partial charge in [-0.2, -0.15) is 0 Å². The first-order valence-electron chi connectivity index (χ1n) is 8.38. The van der Waals surface area contributed by atoms with Crippen molar-refractivity contribution in [1.29, 1.82) is 0 Å². The molecule has 0 unspecified atom stereocenters. The molecule has 26 heavy (non-hydrogen) atoms. The van der Waals surface area contributed by atoms with E-state index < -0.39 is 0 Å². The number of nitrogens with zero attached hydrogens (tertiary/aromatic N) is 1. The van der Waals surface area contributed by atoms with E-state index in [0.29, 0.717) is 28.8 Å². The fourth-order valence-electron chi connectivity index (χ4n) is 2.72. The van der Waals surface area contributed by atoms with Crippen LogP contribution in [0.3, 0.4) is 0 Å². The van der Waals surface area contributed by atoms with Crippen molar-refractivity contribution in [3.05, 3.63) is 45.6 Å². The minimum atomic E-state index is -0.173. The van der Waals surface area contributed by atoms with Gasteiger partial charge in [-0.3, -0.25) is 9.59 Å². The van der Waals surface area contributed by atoms with E-state index in [-0.39, 0.29) is 24.8 Å². The number of anilines is 2. The summed E-state index contributed by atoms with van der Waals surface area (Å²) in [5.41, 5.74) is 1.49. The lowest BCUT2D eigenvalue weighted by atomic mass is 10.2. The quantitative estimate of drug-likeness (QED) is 0.791. The summed E-state index contributed by atoms with van der Waals surface area (Å²) < 4.78 is 5.38. The van der Waals surface area contributed by atoms with E-state index in [1.165, 1.54) is 11.3 Å². The maximum Gasteiger partial charge on any atom is 0.261 e. The molecule has 0 bridgehead atoms. The van der Waals surface area contributed by atoms with Gasteiger partial charge in [0.15, 0.2) is 0 Å². The van der Waals surface area contributed by atoms with Gasteiger partial charge in [-0.15, -0.1) is 11.3 Å². The Bertz CT molecular complexity index is 761. The molecule has 8 heteroatoms. The van der Waals surface area contributed by atoms with Gasteiger partial charge in [0.05, 0.1) is 34.5 Å². The van der Waals surface area contributed by atoms with Crippen LogP contribution in [-0.4, -0.2) is 44.7 Å². The number of carbonyl (C=O) groups excluding carboxylic acids is 2. The molecule has 1 aromatic heterocycles. The van der Waals surface area contributed by atoms with Gasteiger partial charge in [0.2, 0.25) is 5.91 Å². The van der Waals surface area contributed by atoms with Gasteiger partial charge in [0, 0.05) is 26.1 Å². The molecule has 138 valence electrons. The molecule has 0 aliphatic carbocycles.